The minimum Gasteiger partial charge on any atom is -0.394 e. The van der Waals surface area contributed by atoms with E-state index in [4.69, 9.17) is 15.6 Å². The van der Waals surface area contributed by atoms with Crippen molar-refractivity contribution in [2.24, 2.45) is 11.7 Å². The molecule has 5 nitrogen and oxygen atoms in total. The second-order valence-electron chi connectivity index (χ2n) is 3.16. The maximum Gasteiger partial charge on any atom is 0.134 e. The van der Waals surface area contributed by atoms with E-state index in [2.05, 4.69) is 0 Å². The lowest BCUT2D eigenvalue weighted by molar-refractivity contribution is -0.202. The summed E-state index contributed by atoms with van der Waals surface area (Å²) in [6.45, 7) is 1.50. The minimum absolute atomic E-state index is 0.196. The first-order chi connectivity index (χ1) is 5.57. The van der Waals surface area contributed by atoms with Crippen LogP contribution < -0.4 is 5.73 Å². The molecule has 0 spiro atoms. The standard InChI is InChI=1S/C7H15NO4/c1-3-4(2-9)12-7(8)6(11)5(3)10/h3-7,9-11H,2,8H2,1H3/t3?,4?,5?,6-,7+/m0/s1. The van der Waals surface area contributed by atoms with Crippen molar-refractivity contribution in [1.82, 2.24) is 0 Å². The first-order valence-corrected chi connectivity index (χ1v) is 3.96. The van der Waals surface area contributed by atoms with Crippen molar-refractivity contribution in [2.45, 2.75) is 31.5 Å². The Kier molecular flexibility index (Phi) is 3.03. The molecule has 72 valence electrons. The first kappa shape index (κ1) is 9.88. The molecule has 0 aromatic carbocycles. The minimum atomic E-state index is -1.07. The molecule has 1 aliphatic rings. The van der Waals surface area contributed by atoms with E-state index in [0.717, 1.165) is 0 Å². The van der Waals surface area contributed by atoms with Crippen molar-refractivity contribution in [3.63, 3.8) is 0 Å². The lowest BCUT2D eigenvalue weighted by Crippen LogP contribution is -2.57. The molecule has 3 unspecified atom stereocenters. The summed E-state index contributed by atoms with van der Waals surface area (Å²) in [6, 6.07) is 0. The van der Waals surface area contributed by atoms with Gasteiger partial charge in [-0.3, -0.25) is 0 Å². The number of aliphatic hydroxyl groups excluding tert-OH is 3. The number of hydrogen-bond donors (Lipinski definition) is 4. The van der Waals surface area contributed by atoms with Crippen molar-refractivity contribution in [1.29, 1.82) is 0 Å². The molecule has 1 fully saturated rings. The summed E-state index contributed by atoms with van der Waals surface area (Å²) in [4.78, 5) is 0. The van der Waals surface area contributed by atoms with Crippen LogP contribution in [0.1, 0.15) is 6.92 Å². The molecule has 0 bridgehead atoms. The van der Waals surface area contributed by atoms with E-state index in [9.17, 15) is 10.2 Å². The van der Waals surface area contributed by atoms with Crippen LogP contribution in [0.4, 0.5) is 0 Å². The number of aliphatic hydroxyl groups is 3. The molecule has 0 saturated carbocycles. The highest BCUT2D eigenvalue weighted by Gasteiger charge is 2.39. The highest BCUT2D eigenvalue weighted by molar-refractivity contribution is 4.87. The van der Waals surface area contributed by atoms with Crippen LogP contribution in [-0.4, -0.2) is 46.5 Å². The van der Waals surface area contributed by atoms with Gasteiger partial charge in [-0.25, -0.2) is 0 Å². The van der Waals surface area contributed by atoms with Crippen LogP contribution in [0.3, 0.4) is 0 Å². The van der Waals surface area contributed by atoms with Gasteiger partial charge in [0.25, 0.3) is 0 Å². The zero-order chi connectivity index (χ0) is 9.30. The van der Waals surface area contributed by atoms with Gasteiger partial charge in [-0.15, -0.1) is 0 Å². The van der Waals surface area contributed by atoms with Crippen molar-refractivity contribution < 1.29 is 20.1 Å². The third-order valence-electron chi connectivity index (χ3n) is 2.32. The van der Waals surface area contributed by atoms with Gasteiger partial charge < -0.3 is 25.8 Å². The zero-order valence-electron chi connectivity index (χ0n) is 6.92. The van der Waals surface area contributed by atoms with E-state index < -0.39 is 24.5 Å². The predicted molar refractivity (Wildman–Crippen MR) is 41.1 cm³/mol. The highest BCUT2D eigenvalue weighted by atomic mass is 16.5. The monoisotopic (exact) mass is 177 g/mol. The van der Waals surface area contributed by atoms with Crippen LogP contribution in [0.2, 0.25) is 0 Å². The number of ether oxygens (including phenoxy) is 1. The summed E-state index contributed by atoms with van der Waals surface area (Å²) in [5.74, 6) is -0.301. The Labute approximate surface area is 70.8 Å². The van der Waals surface area contributed by atoms with Crippen LogP contribution in [-0.2, 0) is 4.74 Å². The van der Waals surface area contributed by atoms with Gasteiger partial charge in [0.1, 0.15) is 12.3 Å². The third-order valence-corrected chi connectivity index (χ3v) is 2.32. The van der Waals surface area contributed by atoms with E-state index in [0.29, 0.717) is 0 Å². The Morgan fingerprint density at radius 1 is 1.33 bits per heavy atom. The summed E-state index contributed by atoms with van der Waals surface area (Å²) >= 11 is 0. The van der Waals surface area contributed by atoms with Gasteiger partial charge in [-0.1, -0.05) is 6.92 Å². The average Bonchev–Trinajstić information content (AvgIpc) is 2.08. The van der Waals surface area contributed by atoms with Crippen molar-refractivity contribution in [3.05, 3.63) is 0 Å². The molecule has 5 N–H and O–H groups in total. The average molecular weight is 177 g/mol. The molecular weight excluding hydrogens is 162 g/mol. The molecule has 1 rings (SSSR count). The van der Waals surface area contributed by atoms with Crippen LogP contribution in [0, 0.1) is 5.92 Å². The first-order valence-electron chi connectivity index (χ1n) is 3.96. The number of nitrogens with two attached hydrogens (primary N) is 1. The number of rotatable bonds is 1. The Morgan fingerprint density at radius 2 is 1.92 bits per heavy atom. The van der Waals surface area contributed by atoms with Crippen LogP contribution >= 0.6 is 0 Å². The smallest absolute Gasteiger partial charge is 0.134 e. The van der Waals surface area contributed by atoms with E-state index in [-0.39, 0.29) is 12.5 Å². The molecule has 12 heavy (non-hydrogen) atoms. The SMILES string of the molecule is CC1C(CO)O[C@@H](N)[C@@H](O)C1O. The second kappa shape index (κ2) is 3.68. The molecular formula is C7H15NO4. The largest absolute Gasteiger partial charge is 0.394 e. The molecule has 0 radical (unpaired) electrons. The van der Waals surface area contributed by atoms with Gasteiger partial charge in [-0.2, -0.15) is 0 Å². The van der Waals surface area contributed by atoms with E-state index in [1.54, 1.807) is 6.92 Å². The van der Waals surface area contributed by atoms with E-state index in [1.807, 2.05) is 0 Å². The van der Waals surface area contributed by atoms with Crippen LogP contribution in [0.5, 0.6) is 0 Å². The maximum absolute atomic E-state index is 9.40. The maximum atomic E-state index is 9.40. The lowest BCUT2D eigenvalue weighted by atomic mass is 9.91. The highest BCUT2D eigenvalue weighted by Crippen LogP contribution is 2.23. The molecule has 0 amide bonds. The fourth-order valence-corrected chi connectivity index (χ4v) is 1.34. The van der Waals surface area contributed by atoms with Crippen LogP contribution in [0.15, 0.2) is 0 Å². The molecule has 1 aliphatic heterocycles. The Bertz CT molecular complexity index is 150. The van der Waals surface area contributed by atoms with Gasteiger partial charge in [0.2, 0.25) is 0 Å². The third kappa shape index (κ3) is 1.60. The van der Waals surface area contributed by atoms with Crippen molar-refractivity contribution in [2.75, 3.05) is 6.61 Å². The number of hydrogen-bond acceptors (Lipinski definition) is 5. The molecule has 5 heteroatoms. The van der Waals surface area contributed by atoms with Crippen molar-refractivity contribution >= 4 is 0 Å². The van der Waals surface area contributed by atoms with Gasteiger partial charge in [0.05, 0.1) is 18.8 Å². The molecule has 1 heterocycles. The summed E-state index contributed by atoms with van der Waals surface area (Å²) in [5, 5.41) is 27.5. The van der Waals surface area contributed by atoms with Gasteiger partial charge in [0, 0.05) is 5.92 Å². The van der Waals surface area contributed by atoms with E-state index >= 15 is 0 Å². The summed E-state index contributed by atoms with van der Waals surface area (Å²) in [7, 11) is 0. The molecule has 0 aromatic rings. The topological polar surface area (TPSA) is 95.9 Å². The Hall–Kier alpha value is -0.200. The van der Waals surface area contributed by atoms with Gasteiger partial charge in [0.15, 0.2) is 0 Å². The molecule has 5 atom stereocenters. The fraction of sp³-hybridized carbons (Fsp3) is 1.00. The summed E-state index contributed by atoms with van der Waals surface area (Å²) < 4.78 is 5.05. The molecule has 0 aromatic heterocycles. The molecule has 1 saturated heterocycles. The van der Waals surface area contributed by atoms with Gasteiger partial charge in [-0.05, 0) is 0 Å². The second-order valence-corrected chi connectivity index (χ2v) is 3.16. The zero-order valence-corrected chi connectivity index (χ0v) is 6.92. The lowest BCUT2D eigenvalue weighted by Gasteiger charge is -2.39. The van der Waals surface area contributed by atoms with E-state index in [1.165, 1.54) is 0 Å². The predicted octanol–water partition coefficient (Wildman–Crippen LogP) is -1.98. The quantitative estimate of drug-likeness (QED) is 0.372. The fourth-order valence-electron chi connectivity index (χ4n) is 1.34. The Morgan fingerprint density at radius 3 is 2.42 bits per heavy atom. The molecule has 0 aliphatic carbocycles. The van der Waals surface area contributed by atoms with Crippen molar-refractivity contribution in [3.8, 4) is 0 Å². The normalized spacial score (nSPS) is 49.2. The van der Waals surface area contributed by atoms with Crippen LogP contribution in [0.25, 0.3) is 0 Å². The summed E-state index contributed by atoms with van der Waals surface area (Å²) in [6.07, 6.45) is -3.39. The van der Waals surface area contributed by atoms with Gasteiger partial charge >= 0.3 is 0 Å². The summed E-state index contributed by atoms with van der Waals surface area (Å²) in [5.41, 5.74) is 5.35. The Balaban J connectivity index is 2.63.